The van der Waals surface area contributed by atoms with E-state index >= 15 is 0 Å². The molecule has 2 aliphatic carbocycles. The van der Waals surface area contributed by atoms with Gasteiger partial charge in [0.2, 0.25) is 0 Å². The first kappa shape index (κ1) is 9.54. The van der Waals surface area contributed by atoms with Gasteiger partial charge < -0.3 is 0 Å². The lowest BCUT2D eigenvalue weighted by atomic mass is 9.63. The normalized spacial score (nSPS) is 30.3. The average molecular weight is 219 g/mol. The molecule has 1 nitrogen and oxygen atoms in total. The van der Waals surface area contributed by atoms with Crippen molar-refractivity contribution < 1.29 is 4.79 Å². The Balaban J connectivity index is 2.17. The van der Waals surface area contributed by atoms with Crippen LogP contribution in [0.4, 0.5) is 0 Å². The fraction of sp³-hybridized carbons (Fsp3) is 0.700. The summed E-state index contributed by atoms with van der Waals surface area (Å²) in [6.45, 7) is 0. The van der Waals surface area contributed by atoms with Crippen molar-refractivity contribution in [2.75, 3.05) is 0 Å². The molecule has 0 N–H and O–H groups in total. The molecular weight excluding hydrogens is 207 g/mol. The van der Waals surface area contributed by atoms with E-state index in [2.05, 4.69) is 0 Å². The average Bonchev–Trinajstić information content (AvgIpc) is 2.24. The van der Waals surface area contributed by atoms with Gasteiger partial charge in [0, 0.05) is 12.8 Å². The molecule has 0 radical (unpaired) electrons. The van der Waals surface area contributed by atoms with Crippen molar-refractivity contribution >= 4 is 29.0 Å². The van der Waals surface area contributed by atoms with Gasteiger partial charge in [-0.1, -0.05) is 35.7 Å². The zero-order chi connectivity index (χ0) is 9.47. The predicted octanol–water partition coefficient (Wildman–Crippen LogP) is 3.45. The number of rotatable bonds is 1. The third-order valence-corrected chi connectivity index (χ3v) is 3.71. The number of hydrogen-bond donors (Lipinski definition) is 0. The molecule has 1 atom stereocenters. The Morgan fingerprint density at radius 1 is 1.46 bits per heavy atom. The largest absolute Gasteiger partial charge is 0.300 e. The molecule has 13 heavy (non-hydrogen) atoms. The summed E-state index contributed by atoms with van der Waals surface area (Å²) < 4.78 is 0.311. The first-order valence-electron chi connectivity index (χ1n) is 4.67. The second-order valence-electron chi connectivity index (χ2n) is 4.20. The van der Waals surface area contributed by atoms with E-state index in [-0.39, 0.29) is 5.41 Å². The highest BCUT2D eigenvalue weighted by Gasteiger charge is 2.49. The van der Waals surface area contributed by atoms with E-state index in [1.165, 1.54) is 19.3 Å². The van der Waals surface area contributed by atoms with Crippen LogP contribution < -0.4 is 0 Å². The van der Waals surface area contributed by atoms with Gasteiger partial charge in [0.05, 0.1) is 0 Å². The molecule has 3 heteroatoms. The van der Waals surface area contributed by atoms with Crippen molar-refractivity contribution in [2.45, 2.75) is 32.1 Å². The molecule has 0 heterocycles. The van der Waals surface area contributed by atoms with Crippen LogP contribution in [0.3, 0.4) is 0 Å². The van der Waals surface area contributed by atoms with E-state index in [9.17, 15) is 4.79 Å². The van der Waals surface area contributed by atoms with Gasteiger partial charge in [-0.3, -0.25) is 4.79 Å². The van der Waals surface area contributed by atoms with Crippen LogP contribution in [0, 0.1) is 11.3 Å². The van der Waals surface area contributed by atoms with Crippen LogP contribution in [0.2, 0.25) is 0 Å². The molecule has 1 spiro atoms. The van der Waals surface area contributed by atoms with Crippen LogP contribution >= 0.6 is 23.2 Å². The number of allylic oxidation sites excluding steroid dienone is 1. The Morgan fingerprint density at radius 2 is 2.15 bits per heavy atom. The number of halogens is 2. The van der Waals surface area contributed by atoms with Crippen molar-refractivity contribution in [1.82, 2.24) is 0 Å². The lowest BCUT2D eigenvalue weighted by Gasteiger charge is -2.41. The summed E-state index contributed by atoms with van der Waals surface area (Å²) in [5, 5.41) is 0. The van der Waals surface area contributed by atoms with Gasteiger partial charge in [0.15, 0.2) is 0 Å². The van der Waals surface area contributed by atoms with Gasteiger partial charge >= 0.3 is 0 Å². The van der Waals surface area contributed by atoms with Crippen LogP contribution in [0.15, 0.2) is 10.6 Å². The first-order chi connectivity index (χ1) is 6.12. The fourth-order valence-corrected chi connectivity index (χ4v) is 2.93. The van der Waals surface area contributed by atoms with E-state index in [4.69, 9.17) is 23.2 Å². The summed E-state index contributed by atoms with van der Waals surface area (Å²) >= 11 is 11.3. The van der Waals surface area contributed by atoms with Crippen molar-refractivity contribution in [3.63, 3.8) is 0 Å². The Kier molecular flexibility index (Phi) is 2.41. The maximum atomic E-state index is 11.3. The van der Waals surface area contributed by atoms with Gasteiger partial charge in [-0.2, -0.15) is 0 Å². The molecular formula is C10H12Cl2O. The second kappa shape index (κ2) is 3.29. The Morgan fingerprint density at radius 3 is 2.62 bits per heavy atom. The maximum absolute atomic E-state index is 11.3. The zero-order valence-corrected chi connectivity index (χ0v) is 8.87. The van der Waals surface area contributed by atoms with Crippen LogP contribution in [-0.4, -0.2) is 5.78 Å². The van der Waals surface area contributed by atoms with E-state index in [0.29, 0.717) is 22.6 Å². The monoisotopic (exact) mass is 218 g/mol. The van der Waals surface area contributed by atoms with Crippen molar-refractivity contribution in [3.8, 4) is 0 Å². The van der Waals surface area contributed by atoms with Gasteiger partial charge in [-0.25, -0.2) is 0 Å². The molecule has 72 valence electrons. The smallest absolute Gasteiger partial charge is 0.134 e. The SMILES string of the molecule is O=C1CC(C=C(Cl)Cl)C2(CCC2)C1. The molecule has 0 aromatic carbocycles. The molecule has 0 amide bonds. The molecule has 0 aromatic rings. The highest BCUT2D eigenvalue weighted by atomic mass is 35.5. The van der Waals surface area contributed by atoms with Crippen LogP contribution in [-0.2, 0) is 4.79 Å². The lowest BCUT2D eigenvalue weighted by Crippen LogP contribution is -2.32. The van der Waals surface area contributed by atoms with Crippen LogP contribution in [0.25, 0.3) is 0 Å². The van der Waals surface area contributed by atoms with Crippen molar-refractivity contribution in [1.29, 1.82) is 0 Å². The molecule has 2 fully saturated rings. The minimum Gasteiger partial charge on any atom is -0.300 e. The number of Topliss-reactive ketones (excluding diaryl/α,β-unsaturated/α-hetero) is 1. The van der Waals surface area contributed by atoms with Gasteiger partial charge in [-0.05, 0) is 24.2 Å². The second-order valence-corrected chi connectivity index (χ2v) is 5.21. The standard InChI is InChI=1S/C10H12Cl2O/c11-9(12)5-7-4-8(13)6-10(7)2-1-3-10/h5,7H,1-4,6H2. The third kappa shape index (κ3) is 1.64. The molecule has 0 aliphatic heterocycles. The summed E-state index contributed by atoms with van der Waals surface area (Å²) in [6.07, 6.45) is 6.82. The molecule has 0 aromatic heterocycles. The van der Waals surface area contributed by atoms with E-state index < -0.39 is 0 Å². The van der Waals surface area contributed by atoms with Crippen LogP contribution in [0.1, 0.15) is 32.1 Å². The minimum atomic E-state index is 0.242. The van der Waals surface area contributed by atoms with Gasteiger partial charge in [0.1, 0.15) is 10.3 Å². The molecule has 2 aliphatic rings. The summed E-state index contributed by atoms with van der Waals surface area (Å²) in [5.74, 6) is 0.675. The molecule has 0 bridgehead atoms. The maximum Gasteiger partial charge on any atom is 0.134 e. The third-order valence-electron chi connectivity index (χ3n) is 3.46. The Labute approximate surface area is 88.1 Å². The number of carbonyl (C=O) groups excluding carboxylic acids is 1. The molecule has 1 unspecified atom stereocenters. The molecule has 2 rings (SSSR count). The van der Waals surface area contributed by atoms with E-state index in [0.717, 1.165) is 6.42 Å². The minimum absolute atomic E-state index is 0.242. The Hall–Kier alpha value is -0.0100. The number of hydrogen-bond acceptors (Lipinski definition) is 1. The summed E-state index contributed by atoms with van der Waals surface area (Å²) in [5.41, 5.74) is 0.242. The zero-order valence-electron chi connectivity index (χ0n) is 7.35. The molecule has 2 saturated carbocycles. The van der Waals surface area contributed by atoms with Gasteiger partial charge in [-0.15, -0.1) is 0 Å². The quantitative estimate of drug-likeness (QED) is 0.660. The highest BCUT2D eigenvalue weighted by molar-refractivity contribution is 6.55. The summed E-state index contributed by atoms with van der Waals surface area (Å²) in [4.78, 5) is 11.3. The Bertz CT molecular complexity index is 262. The van der Waals surface area contributed by atoms with Gasteiger partial charge in [0.25, 0.3) is 0 Å². The fourth-order valence-electron chi connectivity index (χ4n) is 2.62. The predicted molar refractivity (Wildman–Crippen MR) is 53.8 cm³/mol. The van der Waals surface area contributed by atoms with Crippen LogP contribution in [0.5, 0.6) is 0 Å². The lowest BCUT2D eigenvalue weighted by molar-refractivity contribution is -0.118. The molecule has 0 saturated heterocycles. The number of carbonyl (C=O) groups is 1. The number of ketones is 1. The highest BCUT2D eigenvalue weighted by Crippen LogP contribution is 2.56. The summed E-state index contributed by atoms with van der Waals surface area (Å²) in [6, 6.07) is 0. The summed E-state index contributed by atoms with van der Waals surface area (Å²) in [7, 11) is 0. The van der Waals surface area contributed by atoms with Crippen molar-refractivity contribution in [2.24, 2.45) is 11.3 Å². The topological polar surface area (TPSA) is 17.1 Å². The van der Waals surface area contributed by atoms with E-state index in [1.54, 1.807) is 0 Å². The van der Waals surface area contributed by atoms with Crippen molar-refractivity contribution in [3.05, 3.63) is 10.6 Å². The van der Waals surface area contributed by atoms with E-state index in [1.807, 2.05) is 6.08 Å². The first-order valence-corrected chi connectivity index (χ1v) is 5.42.